The van der Waals surface area contributed by atoms with Crippen molar-refractivity contribution in [2.45, 2.75) is 109 Å². The van der Waals surface area contributed by atoms with Crippen LogP contribution in [0.5, 0.6) is 0 Å². The van der Waals surface area contributed by atoms with Crippen molar-refractivity contribution in [1.82, 2.24) is 0 Å². The molecule has 0 aliphatic heterocycles. The Balaban J connectivity index is -0.0000000828. The fourth-order valence-corrected chi connectivity index (χ4v) is 2.91. The van der Waals surface area contributed by atoms with Gasteiger partial charge in [-0.05, 0) is 11.8 Å². The van der Waals surface area contributed by atoms with E-state index in [-0.39, 0.29) is 65.4 Å². The third-order valence-corrected chi connectivity index (χ3v) is 4.06. The van der Waals surface area contributed by atoms with Gasteiger partial charge in [0.25, 0.3) is 0 Å². The van der Waals surface area contributed by atoms with E-state index in [1.165, 1.54) is 24.0 Å². The second-order valence-corrected chi connectivity index (χ2v) is 10.1. The molecule has 0 heterocycles. The molecule has 38 heavy (non-hydrogen) atoms. The Bertz CT molecular complexity index is 522. The summed E-state index contributed by atoms with van der Waals surface area (Å²) >= 11 is 0. The number of hydrogen-bond acceptors (Lipinski definition) is 0. The average Bonchev–Trinajstić information content (AvgIpc) is 2.81. The summed E-state index contributed by atoms with van der Waals surface area (Å²) in [5.74, 6) is 2.88. The van der Waals surface area contributed by atoms with Crippen molar-refractivity contribution in [2.75, 3.05) is 0 Å². The van der Waals surface area contributed by atoms with Gasteiger partial charge in [-0.1, -0.05) is 81.1 Å². The monoisotopic (exact) mass is 672 g/mol. The molecule has 0 saturated heterocycles. The van der Waals surface area contributed by atoms with Crippen LogP contribution in [0.1, 0.15) is 107 Å². The largest absolute Gasteiger partial charge is 3.00 e. The molecule has 0 saturated carbocycles. The van der Waals surface area contributed by atoms with E-state index in [4.69, 9.17) is 0 Å². The normalized spacial score (nSPS) is 10.3. The third-order valence-electron chi connectivity index (χ3n) is 4.06. The summed E-state index contributed by atoms with van der Waals surface area (Å²) in [5.41, 5.74) is 2.57. The standard InChI is InChI=1S/2C8H9.2C7H15.2C3H7.2Y/c2*1-2-8-6-4-3-5-7-8;2*1-6(2)5-7(3)4;2*1-3-2;;/h2*3-6H,2H2,1H3;2*6-7H,1,5H2,2-4H3;2*3H,1-2H3;;/q6*-1;2*+3. The van der Waals surface area contributed by atoms with Crippen molar-refractivity contribution < 1.29 is 65.4 Å². The van der Waals surface area contributed by atoms with Crippen LogP contribution in [0.3, 0.4) is 0 Å². The smallest absolute Gasteiger partial charge is 0.341 e. The SMILES string of the molecule is CCc1[c-]cccc1.CCc1[c-]cccc1.C[CH-]C.C[CH-]C.[CH2-]C(C)CC(C)C.[CH2-]C(C)CC(C)C.[Y+3].[Y+3]. The van der Waals surface area contributed by atoms with Gasteiger partial charge in [-0.3, -0.25) is 0 Å². The van der Waals surface area contributed by atoms with Crippen LogP contribution in [0.4, 0.5) is 0 Å². The molecule has 0 aliphatic rings. The van der Waals surface area contributed by atoms with Gasteiger partial charge in [-0.2, -0.15) is 111 Å². The second-order valence-electron chi connectivity index (χ2n) is 10.1. The fourth-order valence-electron chi connectivity index (χ4n) is 2.91. The number of aryl methyl sites for hydroxylation is 2. The van der Waals surface area contributed by atoms with Crippen LogP contribution in [0.2, 0.25) is 0 Å². The van der Waals surface area contributed by atoms with Gasteiger partial charge in [0.2, 0.25) is 0 Å². The van der Waals surface area contributed by atoms with Crippen molar-refractivity contribution in [3.05, 3.63) is 98.5 Å². The van der Waals surface area contributed by atoms with E-state index in [9.17, 15) is 0 Å². The maximum Gasteiger partial charge on any atom is 3.00 e. The Morgan fingerprint density at radius 2 is 0.868 bits per heavy atom. The van der Waals surface area contributed by atoms with Gasteiger partial charge >= 0.3 is 65.4 Å². The summed E-state index contributed by atoms with van der Waals surface area (Å²) in [6.07, 6.45) is 8.67. The number of benzene rings is 2. The number of hydrogen-bond donors (Lipinski definition) is 0. The van der Waals surface area contributed by atoms with Crippen LogP contribution < -0.4 is 0 Å². The van der Waals surface area contributed by atoms with E-state index in [1.54, 1.807) is 0 Å². The summed E-state index contributed by atoms with van der Waals surface area (Å²) in [5, 5.41) is 0. The summed E-state index contributed by atoms with van der Waals surface area (Å²) in [7, 11) is 0. The molecule has 2 rings (SSSR count). The first-order valence-electron chi connectivity index (χ1n) is 14.0. The molecule has 0 aliphatic carbocycles. The van der Waals surface area contributed by atoms with Gasteiger partial charge in [-0.15, -0.1) is 0 Å². The van der Waals surface area contributed by atoms with E-state index in [1.807, 2.05) is 76.9 Å². The molecule has 2 aromatic rings. The zero-order valence-electron chi connectivity index (χ0n) is 27.5. The Morgan fingerprint density at radius 1 is 0.605 bits per heavy atom. The van der Waals surface area contributed by atoms with Crippen LogP contribution in [-0.4, -0.2) is 0 Å². The average molecular weight is 673 g/mol. The molecule has 0 spiro atoms. The summed E-state index contributed by atoms with van der Waals surface area (Å²) in [6.45, 7) is 33.2. The van der Waals surface area contributed by atoms with Crippen molar-refractivity contribution >= 4 is 0 Å². The van der Waals surface area contributed by atoms with Crippen molar-refractivity contribution in [3.63, 3.8) is 0 Å². The third kappa shape index (κ3) is 56.7. The Morgan fingerprint density at radius 3 is 0.947 bits per heavy atom. The van der Waals surface area contributed by atoms with E-state index in [2.05, 4.69) is 93.5 Å². The molecule has 0 radical (unpaired) electrons. The van der Waals surface area contributed by atoms with Crippen molar-refractivity contribution in [1.29, 1.82) is 0 Å². The zero-order valence-corrected chi connectivity index (χ0v) is 33.2. The van der Waals surface area contributed by atoms with Gasteiger partial charge in [0.15, 0.2) is 0 Å². The molecule has 2 heteroatoms. The molecule has 2 aromatic carbocycles. The van der Waals surface area contributed by atoms with Gasteiger partial charge in [0.1, 0.15) is 0 Å². The quantitative estimate of drug-likeness (QED) is 0.268. The van der Waals surface area contributed by atoms with Crippen molar-refractivity contribution in [2.24, 2.45) is 23.7 Å². The molecular formula is C36H62Y2. The first-order valence-corrected chi connectivity index (χ1v) is 14.0. The van der Waals surface area contributed by atoms with Gasteiger partial charge in [0, 0.05) is 0 Å². The number of rotatable bonds is 6. The topological polar surface area (TPSA) is 0 Å². The van der Waals surface area contributed by atoms with Crippen molar-refractivity contribution in [3.8, 4) is 0 Å². The first kappa shape index (κ1) is 51.4. The molecule has 0 N–H and O–H groups in total. The van der Waals surface area contributed by atoms with Crippen LogP contribution in [0.25, 0.3) is 0 Å². The zero-order chi connectivity index (χ0) is 28.8. The van der Waals surface area contributed by atoms with E-state index < -0.39 is 0 Å². The minimum Gasteiger partial charge on any atom is -0.341 e. The molecule has 0 fully saturated rings. The Kier molecular flexibility index (Phi) is 57.0. The summed E-state index contributed by atoms with van der Waals surface area (Å²) in [4.78, 5) is 0. The van der Waals surface area contributed by atoms with Gasteiger partial charge < -0.3 is 26.7 Å². The molecule has 0 amide bonds. The van der Waals surface area contributed by atoms with Crippen LogP contribution >= 0.6 is 0 Å². The maximum atomic E-state index is 3.88. The predicted molar refractivity (Wildman–Crippen MR) is 169 cm³/mol. The van der Waals surface area contributed by atoms with E-state index in [0.29, 0.717) is 11.8 Å². The molecule has 212 valence electrons. The van der Waals surface area contributed by atoms with Gasteiger partial charge in [-0.25, -0.2) is 0 Å². The Labute approximate surface area is 293 Å². The van der Waals surface area contributed by atoms with Crippen LogP contribution in [0.15, 0.2) is 48.5 Å². The van der Waals surface area contributed by atoms with E-state index >= 15 is 0 Å². The molecule has 0 aromatic heterocycles. The first-order chi connectivity index (χ1) is 16.9. The molecule has 2 atom stereocenters. The van der Waals surface area contributed by atoms with Gasteiger partial charge in [0.05, 0.1) is 0 Å². The minimum atomic E-state index is 0. The minimum absolute atomic E-state index is 0. The van der Waals surface area contributed by atoms with E-state index in [0.717, 1.165) is 24.7 Å². The Hall–Kier alpha value is 0.648. The van der Waals surface area contributed by atoms with Crippen LogP contribution in [-0.2, 0) is 78.3 Å². The molecular weight excluding hydrogens is 610 g/mol. The molecule has 0 bridgehead atoms. The summed E-state index contributed by atoms with van der Waals surface area (Å²) in [6, 6.07) is 22.3. The maximum absolute atomic E-state index is 3.88. The predicted octanol–water partition coefficient (Wildman–Crippen LogP) is 11.6. The summed E-state index contributed by atoms with van der Waals surface area (Å²) < 4.78 is 0. The van der Waals surface area contributed by atoms with Crippen LogP contribution in [0, 0.1) is 62.5 Å². The molecule has 0 nitrogen and oxygen atoms in total. The second kappa shape index (κ2) is 42.1. The molecule has 2 unspecified atom stereocenters. The fraction of sp³-hybridized carbons (Fsp3) is 0.556.